The molecule has 0 atom stereocenters. The average molecular weight is 284 g/mol. The number of rotatable bonds is 1. The fourth-order valence-electron chi connectivity index (χ4n) is 1.33. The van der Waals surface area contributed by atoms with Gasteiger partial charge in [0.1, 0.15) is 0 Å². The zero-order valence-electron chi connectivity index (χ0n) is 9.58. The van der Waals surface area contributed by atoms with Crippen LogP contribution in [-0.2, 0) is 11.3 Å². The molecule has 0 unspecified atom stereocenters. The second-order valence-electron chi connectivity index (χ2n) is 3.50. The highest BCUT2D eigenvalue weighted by molar-refractivity contribution is 9.10. The Balaban J connectivity index is 0.000000318. The minimum atomic E-state index is 0. The first-order valence-corrected chi connectivity index (χ1v) is 5.97. The van der Waals surface area contributed by atoms with Crippen molar-refractivity contribution in [3.63, 3.8) is 0 Å². The highest BCUT2D eigenvalue weighted by Gasteiger charge is 1.98. The third-order valence-corrected chi connectivity index (χ3v) is 3.24. The third-order valence-electron chi connectivity index (χ3n) is 2.38. The normalized spacial score (nSPS) is 13.7. The number of halogens is 1. The second kappa shape index (κ2) is 8.79. The monoisotopic (exact) mass is 283 g/mol. The van der Waals surface area contributed by atoms with E-state index in [2.05, 4.69) is 15.9 Å². The lowest BCUT2D eigenvalue weighted by atomic mass is 10.1. The molecule has 3 radical (unpaired) electrons. The van der Waals surface area contributed by atoms with Crippen LogP contribution in [0.25, 0.3) is 0 Å². The molecule has 1 aliphatic heterocycles. The van der Waals surface area contributed by atoms with Crippen molar-refractivity contribution >= 4 is 24.3 Å². The molecule has 1 aromatic rings. The Morgan fingerprint density at radius 2 is 1.94 bits per heavy atom. The van der Waals surface area contributed by atoms with Crippen molar-refractivity contribution in [1.82, 2.24) is 0 Å². The van der Waals surface area contributed by atoms with Crippen LogP contribution in [0, 0.1) is 6.92 Å². The maximum absolute atomic E-state index is 8.82. The molecule has 1 fully saturated rings. The number of aliphatic hydroxyl groups excluding tert-OH is 1. The lowest BCUT2D eigenvalue weighted by Gasteiger charge is -2.02. The van der Waals surface area contributed by atoms with Crippen molar-refractivity contribution in [3.8, 4) is 0 Å². The maximum Gasteiger partial charge on any atom is 0.0684 e. The van der Waals surface area contributed by atoms with E-state index in [0.29, 0.717) is 0 Å². The van der Waals surface area contributed by atoms with Crippen molar-refractivity contribution in [2.75, 3.05) is 13.2 Å². The summed E-state index contributed by atoms with van der Waals surface area (Å²) in [6.07, 6.45) is 2.56. The summed E-state index contributed by atoms with van der Waals surface area (Å²) in [5.41, 5.74) is 2.10. The number of ether oxygens (including phenoxy) is 1. The molecule has 1 N–H and O–H groups in total. The number of aliphatic hydroxyl groups is 1. The molecule has 1 saturated heterocycles. The molecule has 0 amide bonds. The molecule has 1 heterocycles. The standard InChI is InChI=1S/C8H9BrO.C4H8O.B/c1-6-7(5-10)3-2-4-8(6)9;1-2-4-5-3-1;/h2-4,10H,5H2,1H3;1-4H2;. The van der Waals surface area contributed by atoms with E-state index in [1.807, 2.05) is 25.1 Å². The van der Waals surface area contributed by atoms with Crippen molar-refractivity contribution in [3.05, 3.63) is 33.8 Å². The largest absolute Gasteiger partial charge is 0.392 e. The molecular formula is C12H17BBrO2. The second-order valence-corrected chi connectivity index (χ2v) is 4.36. The van der Waals surface area contributed by atoms with Gasteiger partial charge in [0.15, 0.2) is 0 Å². The zero-order chi connectivity index (χ0) is 11.1. The summed E-state index contributed by atoms with van der Waals surface area (Å²) in [4.78, 5) is 0. The predicted molar refractivity (Wildman–Crippen MR) is 70.6 cm³/mol. The van der Waals surface area contributed by atoms with E-state index >= 15 is 0 Å². The number of hydrogen-bond donors (Lipinski definition) is 1. The summed E-state index contributed by atoms with van der Waals surface area (Å²) in [5.74, 6) is 0. The minimum Gasteiger partial charge on any atom is -0.392 e. The van der Waals surface area contributed by atoms with E-state index in [-0.39, 0.29) is 15.0 Å². The van der Waals surface area contributed by atoms with E-state index < -0.39 is 0 Å². The molecule has 2 nitrogen and oxygen atoms in total. The molecule has 1 aromatic carbocycles. The minimum absolute atomic E-state index is 0. The van der Waals surface area contributed by atoms with Gasteiger partial charge < -0.3 is 9.84 Å². The highest BCUT2D eigenvalue weighted by Crippen LogP contribution is 2.18. The molecule has 16 heavy (non-hydrogen) atoms. The maximum atomic E-state index is 8.82. The van der Waals surface area contributed by atoms with Gasteiger partial charge in [0, 0.05) is 26.1 Å². The Labute approximate surface area is 108 Å². The summed E-state index contributed by atoms with van der Waals surface area (Å²) in [7, 11) is 0. The molecule has 0 spiro atoms. The molecule has 4 heteroatoms. The Morgan fingerprint density at radius 1 is 1.31 bits per heavy atom. The van der Waals surface area contributed by atoms with Gasteiger partial charge in [-0.15, -0.1) is 0 Å². The van der Waals surface area contributed by atoms with E-state index in [1.165, 1.54) is 12.8 Å². The van der Waals surface area contributed by atoms with E-state index in [4.69, 9.17) is 9.84 Å². The molecular weight excluding hydrogens is 267 g/mol. The Hall–Kier alpha value is -0.315. The van der Waals surface area contributed by atoms with Gasteiger partial charge >= 0.3 is 0 Å². The molecule has 87 valence electrons. The molecule has 2 rings (SSSR count). The van der Waals surface area contributed by atoms with E-state index in [9.17, 15) is 0 Å². The van der Waals surface area contributed by atoms with Crippen LogP contribution in [0.4, 0.5) is 0 Å². The van der Waals surface area contributed by atoms with Crippen LogP contribution in [0.15, 0.2) is 22.7 Å². The molecule has 0 aliphatic carbocycles. The summed E-state index contributed by atoms with van der Waals surface area (Å²) < 4.78 is 6.00. The van der Waals surface area contributed by atoms with Crippen LogP contribution in [0.1, 0.15) is 24.0 Å². The van der Waals surface area contributed by atoms with Crippen LogP contribution in [0.5, 0.6) is 0 Å². The molecule has 0 saturated carbocycles. The fourth-order valence-corrected chi connectivity index (χ4v) is 1.74. The first kappa shape index (κ1) is 15.7. The predicted octanol–water partition coefficient (Wildman–Crippen LogP) is 2.67. The average Bonchev–Trinajstić information content (AvgIpc) is 2.80. The van der Waals surface area contributed by atoms with Gasteiger partial charge in [-0.25, -0.2) is 0 Å². The smallest absolute Gasteiger partial charge is 0.0684 e. The summed E-state index contributed by atoms with van der Waals surface area (Å²) >= 11 is 3.38. The topological polar surface area (TPSA) is 29.5 Å². The van der Waals surface area contributed by atoms with Crippen molar-refractivity contribution in [2.24, 2.45) is 0 Å². The van der Waals surface area contributed by atoms with Gasteiger partial charge in [-0.3, -0.25) is 0 Å². The lowest BCUT2D eigenvalue weighted by Crippen LogP contribution is -1.87. The van der Waals surface area contributed by atoms with Crippen LogP contribution in [-0.4, -0.2) is 26.7 Å². The summed E-state index contributed by atoms with van der Waals surface area (Å²) in [6, 6.07) is 5.80. The Bertz CT molecular complexity index is 293. The van der Waals surface area contributed by atoms with Crippen LogP contribution in [0.3, 0.4) is 0 Å². The number of benzene rings is 1. The van der Waals surface area contributed by atoms with Crippen molar-refractivity contribution < 1.29 is 9.84 Å². The lowest BCUT2D eigenvalue weighted by molar-refractivity contribution is 0.198. The quantitative estimate of drug-likeness (QED) is 0.803. The first-order chi connectivity index (χ1) is 7.25. The van der Waals surface area contributed by atoms with Gasteiger partial charge in [0.2, 0.25) is 0 Å². The van der Waals surface area contributed by atoms with Crippen LogP contribution >= 0.6 is 15.9 Å². The van der Waals surface area contributed by atoms with Gasteiger partial charge in [0.05, 0.1) is 6.61 Å². The van der Waals surface area contributed by atoms with E-state index in [1.54, 1.807) is 0 Å². The number of hydrogen-bond acceptors (Lipinski definition) is 2. The molecule has 1 aliphatic rings. The zero-order valence-corrected chi connectivity index (χ0v) is 11.2. The summed E-state index contributed by atoms with van der Waals surface area (Å²) in [5, 5.41) is 8.82. The first-order valence-electron chi connectivity index (χ1n) is 5.18. The van der Waals surface area contributed by atoms with Crippen molar-refractivity contribution in [1.29, 1.82) is 0 Å². The van der Waals surface area contributed by atoms with Gasteiger partial charge in [-0.05, 0) is 37.0 Å². The van der Waals surface area contributed by atoms with Crippen LogP contribution < -0.4 is 0 Å². The SMILES string of the molecule is C1CCOC1.Cc1c(Br)cccc1CO.[B]. The van der Waals surface area contributed by atoms with Crippen molar-refractivity contribution in [2.45, 2.75) is 26.4 Å². The van der Waals surface area contributed by atoms with E-state index in [0.717, 1.165) is 28.8 Å². The molecule has 0 bridgehead atoms. The molecule has 0 aromatic heterocycles. The summed E-state index contributed by atoms with van der Waals surface area (Å²) in [6.45, 7) is 4.10. The fraction of sp³-hybridized carbons (Fsp3) is 0.500. The van der Waals surface area contributed by atoms with Gasteiger partial charge in [-0.2, -0.15) is 0 Å². The van der Waals surface area contributed by atoms with Gasteiger partial charge in [-0.1, -0.05) is 28.1 Å². The van der Waals surface area contributed by atoms with Crippen LogP contribution in [0.2, 0.25) is 0 Å². The Kier molecular flexibility index (Phi) is 8.62. The van der Waals surface area contributed by atoms with Gasteiger partial charge in [0.25, 0.3) is 0 Å². The Morgan fingerprint density at radius 3 is 2.31 bits per heavy atom. The third kappa shape index (κ3) is 5.15. The highest BCUT2D eigenvalue weighted by atomic mass is 79.9.